The molecule has 1 saturated carbocycles. The highest BCUT2D eigenvalue weighted by Gasteiger charge is 2.65. The first-order chi connectivity index (χ1) is 22.6. The second kappa shape index (κ2) is 13.5. The van der Waals surface area contributed by atoms with Gasteiger partial charge in [0.05, 0.1) is 11.4 Å². The lowest BCUT2D eigenvalue weighted by Crippen LogP contribution is -2.58. The molecule has 4 aliphatic rings. The zero-order chi connectivity index (χ0) is 34.6. The molecule has 2 aromatic rings. The molecule has 4 amide bonds. The van der Waals surface area contributed by atoms with Crippen LogP contribution in [0.15, 0.2) is 59.5 Å². The number of likely N-dealkylation sites (tertiary alicyclic amines) is 2. The largest absolute Gasteiger partial charge is 0.403 e. The third kappa shape index (κ3) is 6.58. The van der Waals surface area contributed by atoms with Crippen molar-refractivity contribution in [1.29, 1.82) is 0 Å². The molecule has 2 aromatic carbocycles. The molecule has 0 N–H and O–H groups in total. The Bertz CT molecular complexity index is 1660. The molecular weight excluding hydrogens is 681 g/mol. The number of imide groups is 1. The van der Waals surface area contributed by atoms with Gasteiger partial charge < -0.3 is 14.7 Å². The summed E-state index contributed by atoms with van der Waals surface area (Å²) in [6, 6.07) is 15.2. The first-order valence-electron chi connectivity index (χ1n) is 16.6. The number of carbonyl (C=O) groups is 3. The van der Waals surface area contributed by atoms with E-state index in [0.717, 1.165) is 11.8 Å². The molecule has 4 fully saturated rings. The molecule has 2 unspecified atom stereocenters. The van der Waals surface area contributed by atoms with Gasteiger partial charge in [-0.05, 0) is 68.7 Å². The van der Waals surface area contributed by atoms with Gasteiger partial charge in [-0.3, -0.25) is 14.5 Å². The molecule has 2 atom stereocenters. The van der Waals surface area contributed by atoms with Crippen molar-refractivity contribution < 1.29 is 36.0 Å². The minimum Gasteiger partial charge on any atom is -0.341 e. The summed E-state index contributed by atoms with van der Waals surface area (Å²) in [6.07, 6.45) is -2.59. The van der Waals surface area contributed by atoms with Crippen molar-refractivity contribution in [2.24, 2.45) is 11.3 Å². The summed E-state index contributed by atoms with van der Waals surface area (Å²) in [7, 11) is -3.39. The van der Waals surface area contributed by atoms with Crippen LogP contribution in [-0.4, -0.2) is 103 Å². The van der Waals surface area contributed by atoms with E-state index in [2.05, 4.69) is 4.90 Å². The Balaban J connectivity index is 0.00000468. The quantitative estimate of drug-likeness (QED) is 0.334. The van der Waals surface area contributed by atoms with Crippen molar-refractivity contribution in [3.05, 3.63) is 65.7 Å². The van der Waals surface area contributed by atoms with Crippen LogP contribution in [0, 0.1) is 11.3 Å². The first kappa shape index (κ1) is 37.1. The Hall–Kier alpha value is -3.16. The third-order valence-electron chi connectivity index (χ3n) is 11.0. The number of rotatable bonds is 8. The Labute approximate surface area is 292 Å². The van der Waals surface area contributed by atoms with Gasteiger partial charge in [0.15, 0.2) is 9.84 Å². The van der Waals surface area contributed by atoms with Crippen LogP contribution in [0.25, 0.3) is 0 Å². The fourth-order valence-electron chi connectivity index (χ4n) is 8.28. The van der Waals surface area contributed by atoms with Crippen LogP contribution in [0.1, 0.15) is 63.0 Å². The smallest absolute Gasteiger partial charge is 0.341 e. The molecule has 3 saturated heterocycles. The van der Waals surface area contributed by atoms with Crippen LogP contribution >= 0.6 is 12.4 Å². The van der Waals surface area contributed by atoms with Crippen LogP contribution in [0.3, 0.4) is 0 Å². The van der Waals surface area contributed by atoms with Crippen molar-refractivity contribution in [2.75, 3.05) is 39.0 Å². The van der Waals surface area contributed by atoms with Gasteiger partial charge in [0.2, 0.25) is 5.91 Å². The maximum Gasteiger partial charge on any atom is 0.403 e. The normalized spacial score (nSPS) is 24.0. The van der Waals surface area contributed by atoms with Crippen LogP contribution in [-0.2, 0) is 26.0 Å². The van der Waals surface area contributed by atoms with Crippen molar-refractivity contribution in [2.45, 2.75) is 81.1 Å². The highest BCUT2D eigenvalue weighted by molar-refractivity contribution is 7.90. The van der Waals surface area contributed by atoms with Gasteiger partial charge in [0.1, 0.15) is 11.0 Å². The van der Waals surface area contributed by atoms with Crippen LogP contribution in [0.4, 0.5) is 18.0 Å². The van der Waals surface area contributed by atoms with E-state index < -0.39 is 32.9 Å². The van der Waals surface area contributed by atoms with E-state index in [0.29, 0.717) is 44.5 Å². The molecule has 14 heteroatoms. The molecule has 0 radical (unpaired) electrons. The highest BCUT2D eigenvalue weighted by Crippen LogP contribution is 2.55. The monoisotopic (exact) mass is 724 g/mol. The number of alkyl halides is 3. The summed E-state index contributed by atoms with van der Waals surface area (Å²) >= 11 is 0. The Morgan fingerprint density at radius 3 is 2.06 bits per heavy atom. The number of amides is 4. The maximum atomic E-state index is 14.1. The van der Waals surface area contributed by atoms with Crippen LogP contribution in [0.5, 0.6) is 0 Å². The molecule has 0 bridgehead atoms. The SMILES string of the molecule is CC(C)N1C(=O)N(Cc2ccc(S(C)(=O)=O)cc2)C(=O)C12CCN(CC1CN(C(=O)C3(C(F)(F)F)CCC3)CC1c1ccccc1)CC2.Cl. The van der Waals surface area contributed by atoms with Crippen molar-refractivity contribution in [3.63, 3.8) is 0 Å². The van der Waals surface area contributed by atoms with E-state index in [9.17, 15) is 36.0 Å². The van der Waals surface area contributed by atoms with Crippen molar-refractivity contribution >= 4 is 40.1 Å². The summed E-state index contributed by atoms with van der Waals surface area (Å²) in [4.78, 5) is 48.0. The lowest BCUT2D eigenvalue weighted by Gasteiger charge is -2.44. The zero-order valence-corrected chi connectivity index (χ0v) is 29.6. The topological polar surface area (TPSA) is 98.3 Å². The van der Waals surface area contributed by atoms with Gasteiger partial charge >= 0.3 is 12.2 Å². The number of halogens is 4. The van der Waals surface area contributed by atoms with Crippen molar-refractivity contribution in [3.8, 4) is 0 Å². The van der Waals surface area contributed by atoms with Gasteiger partial charge in [-0.1, -0.05) is 48.9 Å². The average Bonchev–Trinajstić information content (AvgIpc) is 3.50. The number of nitrogens with zero attached hydrogens (tertiary/aromatic N) is 4. The summed E-state index contributed by atoms with van der Waals surface area (Å²) in [5.74, 6) is -1.30. The standard InChI is InChI=1S/C35H43F3N4O5S.ClH/c1-24(2)42-32(45)41(20-25-10-12-28(13-11-25)48(3,46)47)31(44)34(42)16-18-39(19-17-34)21-27-22-40(23-29(27)26-8-5-4-6-9-26)30(43)33(14-7-15-33)35(36,37)38;/h4-6,8-13,24,27,29H,7,14-23H2,1-3H3;1H. The lowest BCUT2D eigenvalue weighted by molar-refractivity contribution is -0.248. The zero-order valence-electron chi connectivity index (χ0n) is 28.0. The predicted octanol–water partition coefficient (Wildman–Crippen LogP) is 5.49. The Kier molecular flexibility index (Phi) is 10.2. The van der Waals surface area contributed by atoms with E-state index in [1.165, 1.54) is 21.9 Å². The fourth-order valence-corrected chi connectivity index (χ4v) is 8.91. The first-order valence-corrected chi connectivity index (χ1v) is 18.5. The Morgan fingerprint density at radius 1 is 0.939 bits per heavy atom. The molecular formula is C35H44ClF3N4O5S. The summed E-state index contributed by atoms with van der Waals surface area (Å²) in [5.41, 5.74) is -1.67. The number of sulfone groups is 1. The second-order valence-electron chi connectivity index (χ2n) is 14.3. The third-order valence-corrected chi connectivity index (χ3v) is 12.2. The van der Waals surface area contributed by atoms with E-state index in [4.69, 9.17) is 0 Å². The van der Waals surface area contributed by atoms with Crippen LogP contribution in [0.2, 0.25) is 0 Å². The van der Waals surface area contributed by atoms with Crippen molar-refractivity contribution in [1.82, 2.24) is 19.6 Å². The molecule has 1 spiro atoms. The number of hydrogen-bond donors (Lipinski definition) is 0. The molecule has 268 valence electrons. The molecule has 0 aromatic heterocycles. The number of benzene rings is 2. The maximum absolute atomic E-state index is 14.1. The minimum absolute atomic E-state index is 0. The molecule has 49 heavy (non-hydrogen) atoms. The average molecular weight is 725 g/mol. The number of piperidine rings is 1. The molecule has 3 aliphatic heterocycles. The summed E-state index contributed by atoms with van der Waals surface area (Å²) in [5, 5.41) is 0. The molecule has 3 heterocycles. The van der Waals surface area contributed by atoms with Gasteiger partial charge in [-0.25, -0.2) is 13.2 Å². The predicted molar refractivity (Wildman–Crippen MR) is 180 cm³/mol. The fraction of sp³-hybridized carbons (Fsp3) is 0.571. The summed E-state index contributed by atoms with van der Waals surface area (Å²) in [6.45, 7) is 5.84. The van der Waals surface area contributed by atoms with Gasteiger partial charge in [0, 0.05) is 50.9 Å². The summed E-state index contributed by atoms with van der Waals surface area (Å²) < 4.78 is 66.1. The van der Waals surface area contributed by atoms with E-state index in [1.54, 1.807) is 17.0 Å². The highest BCUT2D eigenvalue weighted by atomic mass is 35.5. The minimum atomic E-state index is -4.58. The van der Waals surface area contributed by atoms with E-state index >= 15 is 0 Å². The van der Waals surface area contributed by atoms with E-state index in [-0.39, 0.29) is 79.6 Å². The molecule has 1 aliphatic carbocycles. The number of carbonyl (C=O) groups excluding carboxylic acids is 3. The number of hydrogen-bond acceptors (Lipinski definition) is 6. The van der Waals surface area contributed by atoms with Gasteiger partial charge in [0.25, 0.3) is 5.91 Å². The van der Waals surface area contributed by atoms with Crippen LogP contribution < -0.4 is 0 Å². The second-order valence-corrected chi connectivity index (χ2v) is 16.3. The molecule has 6 rings (SSSR count). The van der Waals surface area contributed by atoms with Gasteiger partial charge in [-0.2, -0.15) is 13.2 Å². The molecule has 9 nitrogen and oxygen atoms in total. The van der Waals surface area contributed by atoms with Gasteiger partial charge in [-0.15, -0.1) is 12.4 Å². The van der Waals surface area contributed by atoms with E-state index in [1.807, 2.05) is 44.2 Å². The number of urea groups is 1. The lowest BCUT2D eigenvalue weighted by atomic mass is 9.67. The Morgan fingerprint density at radius 2 is 1.55 bits per heavy atom.